The molecule has 0 bridgehead atoms. The number of nitrogens with one attached hydrogen (secondary N) is 2. The van der Waals surface area contributed by atoms with Gasteiger partial charge in [-0.15, -0.1) is 0 Å². The lowest BCUT2D eigenvalue weighted by Crippen LogP contribution is -2.10. The Labute approximate surface area is 204 Å². The molecule has 0 aliphatic heterocycles. The smallest absolute Gasteiger partial charge is 0.146 e. The maximum atomic E-state index is 6.33. The van der Waals surface area contributed by atoms with Crippen LogP contribution in [0.25, 0.3) is 33.2 Å². The highest BCUT2D eigenvalue weighted by molar-refractivity contribution is 6.04. The third-order valence-electron chi connectivity index (χ3n) is 6.33. The number of H-pyrrole nitrogens is 1. The quantitative estimate of drug-likeness (QED) is 0.286. The first-order valence-corrected chi connectivity index (χ1v) is 11.7. The summed E-state index contributed by atoms with van der Waals surface area (Å²) in [7, 11) is 3.30. The number of ether oxygens (including phenoxy) is 2. The Bertz CT molecular complexity index is 1470. The van der Waals surface area contributed by atoms with Crippen LogP contribution in [0.5, 0.6) is 11.5 Å². The first-order valence-electron chi connectivity index (χ1n) is 11.7. The Morgan fingerprint density at radius 3 is 2.60 bits per heavy atom. The predicted molar refractivity (Wildman–Crippen MR) is 140 cm³/mol. The third-order valence-corrected chi connectivity index (χ3v) is 6.33. The summed E-state index contributed by atoms with van der Waals surface area (Å²) in [6, 6.07) is 16.4. The molecule has 5 aromatic rings. The number of nitrogens with two attached hydrogens (primary N) is 1. The molecule has 35 heavy (non-hydrogen) atoms. The average Bonchev–Trinajstić information content (AvgIpc) is 3.46. The van der Waals surface area contributed by atoms with Crippen LogP contribution < -0.4 is 20.5 Å². The lowest BCUT2D eigenvalue weighted by atomic mass is 10.1. The standard InChI is InChI=1S/C27H30N6O2/c1-16(2)33-22(13-28)24(21-11-17-7-5-6-8-20(17)32-21)25-26(30-15-31-27(25)33)29-14-18-9-10-19(34-3)12-23(18)35-4/h5-12,15-16,32H,13-14,28H2,1-4H3,(H,29,30,31). The fraction of sp³-hybridized carbons (Fsp3) is 0.259. The van der Waals surface area contributed by atoms with Gasteiger partial charge in [0.1, 0.15) is 29.3 Å². The number of methoxy groups -OCH3 is 2. The number of nitrogens with zero attached hydrogens (tertiary/aromatic N) is 3. The summed E-state index contributed by atoms with van der Waals surface area (Å²) in [6.07, 6.45) is 1.60. The molecule has 5 rings (SSSR count). The molecule has 8 nitrogen and oxygen atoms in total. The summed E-state index contributed by atoms with van der Waals surface area (Å²) in [5.74, 6) is 2.24. The number of aromatic nitrogens is 4. The summed E-state index contributed by atoms with van der Waals surface area (Å²) >= 11 is 0. The average molecular weight is 471 g/mol. The topological polar surface area (TPSA) is 103 Å². The van der Waals surface area contributed by atoms with Gasteiger partial charge in [-0.2, -0.15) is 0 Å². The molecule has 0 amide bonds. The van der Waals surface area contributed by atoms with Crippen molar-refractivity contribution < 1.29 is 9.47 Å². The van der Waals surface area contributed by atoms with Gasteiger partial charge >= 0.3 is 0 Å². The van der Waals surface area contributed by atoms with Gasteiger partial charge in [0, 0.05) is 58.6 Å². The Morgan fingerprint density at radius 1 is 1.06 bits per heavy atom. The van der Waals surface area contributed by atoms with Gasteiger partial charge in [0.05, 0.1) is 19.6 Å². The van der Waals surface area contributed by atoms with Crippen molar-refractivity contribution in [2.75, 3.05) is 19.5 Å². The van der Waals surface area contributed by atoms with Crippen LogP contribution in [0.4, 0.5) is 5.82 Å². The zero-order chi connectivity index (χ0) is 24.5. The van der Waals surface area contributed by atoms with E-state index in [1.54, 1.807) is 20.5 Å². The zero-order valence-corrected chi connectivity index (χ0v) is 20.4. The normalized spacial score (nSPS) is 11.5. The third kappa shape index (κ3) is 3.95. The van der Waals surface area contributed by atoms with Gasteiger partial charge in [-0.05, 0) is 38.1 Å². The minimum absolute atomic E-state index is 0.179. The van der Waals surface area contributed by atoms with Gasteiger partial charge in [0.2, 0.25) is 0 Å². The van der Waals surface area contributed by atoms with E-state index in [1.807, 2.05) is 30.3 Å². The summed E-state index contributed by atoms with van der Waals surface area (Å²) < 4.78 is 13.1. The molecule has 2 aromatic carbocycles. The second-order valence-electron chi connectivity index (χ2n) is 8.71. The first-order chi connectivity index (χ1) is 17.0. The number of aromatic amines is 1. The Kier molecular flexibility index (Phi) is 6.05. The van der Waals surface area contributed by atoms with Crippen molar-refractivity contribution in [1.82, 2.24) is 19.5 Å². The maximum absolute atomic E-state index is 6.33. The Morgan fingerprint density at radius 2 is 1.89 bits per heavy atom. The summed E-state index contributed by atoms with van der Waals surface area (Å²) in [5, 5.41) is 5.61. The van der Waals surface area contributed by atoms with E-state index in [-0.39, 0.29) is 6.04 Å². The second-order valence-corrected chi connectivity index (χ2v) is 8.71. The highest BCUT2D eigenvalue weighted by Gasteiger charge is 2.24. The summed E-state index contributed by atoms with van der Waals surface area (Å²) in [6.45, 7) is 5.19. The van der Waals surface area contributed by atoms with E-state index in [4.69, 9.17) is 15.2 Å². The Hall–Kier alpha value is -4.04. The van der Waals surface area contributed by atoms with Crippen molar-refractivity contribution in [2.45, 2.75) is 33.0 Å². The highest BCUT2D eigenvalue weighted by atomic mass is 16.5. The molecule has 0 spiro atoms. The van der Waals surface area contributed by atoms with Crippen LogP contribution in [0.3, 0.4) is 0 Å². The number of hydrogen-bond donors (Lipinski definition) is 3. The van der Waals surface area contributed by atoms with Gasteiger partial charge in [-0.25, -0.2) is 9.97 Å². The molecule has 0 radical (unpaired) electrons. The largest absolute Gasteiger partial charge is 0.497 e. The molecule has 0 aliphatic carbocycles. The monoisotopic (exact) mass is 470 g/mol. The Balaban J connectivity index is 1.67. The summed E-state index contributed by atoms with van der Waals surface area (Å²) in [5.41, 5.74) is 12.3. The van der Waals surface area contributed by atoms with Crippen LogP contribution >= 0.6 is 0 Å². The van der Waals surface area contributed by atoms with Gasteiger partial charge in [-0.1, -0.05) is 18.2 Å². The van der Waals surface area contributed by atoms with E-state index in [9.17, 15) is 0 Å². The fourth-order valence-corrected chi connectivity index (χ4v) is 4.75. The van der Waals surface area contributed by atoms with E-state index < -0.39 is 0 Å². The minimum atomic E-state index is 0.179. The van der Waals surface area contributed by atoms with Gasteiger partial charge < -0.3 is 30.1 Å². The minimum Gasteiger partial charge on any atom is -0.497 e. The molecule has 0 fully saturated rings. The van der Waals surface area contributed by atoms with E-state index in [0.717, 1.165) is 61.8 Å². The zero-order valence-electron chi connectivity index (χ0n) is 20.4. The molecule has 180 valence electrons. The van der Waals surface area contributed by atoms with Crippen LogP contribution in [-0.4, -0.2) is 33.7 Å². The SMILES string of the molecule is COc1ccc(CNc2ncnc3c2c(-c2cc4ccccc4[nH]2)c(CN)n3C(C)C)c(OC)c1. The number of anilines is 1. The molecule has 3 heterocycles. The molecule has 0 aliphatic rings. The molecule has 4 N–H and O–H groups in total. The van der Waals surface area contributed by atoms with E-state index >= 15 is 0 Å². The van der Waals surface area contributed by atoms with Gasteiger partial charge in [0.15, 0.2) is 0 Å². The van der Waals surface area contributed by atoms with E-state index in [0.29, 0.717) is 13.1 Å². The molecule has 0 atom stereocenters. The van der Waals surface area contributed by atoms with Crippen LogP contribution in [0.15, 0.2) is 54.9 Å². The molecule has 0 unspecified atom stereocenters. The molecular weight excluding hydrogens is 440 g/mol. The molecular formula is C27H30N6O2. The van der Waals surface area contributed by atoms with Crippen molar-refractivity contribution in [2.24, 2.45) is 5.73 Å². The molecule has 3 aromatic heterocycles. The predicted octanol–water partition coefficient (Wildman–Crippen LogP) is 5.25. The number of para-hydroxylation sites is 1. The number of hydrogen-bond acceptors (Lipinski definition) is 6. The first kappa shape index (κ1) is 22.7. The molecule has 8 heteroatoms. The van der Waals surface area contributed by atoms with Gasteiger partial charge in [0.25, 0.3) is 0 Å². The van der Waals surface area contributed by atoms with Gasteiger partial charge in [-0.3, -0.25) is 0 Å². The van der Waals surface area contributed by atoms with E-state index in [2.05, 4.69) is 56.9 Å². The van der Waals surface area contributed by atoms with Crippen molar-refractivity contribution in [3.63, 3.8) is 0 Å². The summed E-state index contributed by atoms with van der Waals surface area (Å²) in [4.78, 5) is 12.9. The van der Waals surface area contributed by atoms with Crippen molar-refractivity contribution in [3.8, 4) is 22.8 Å². The lowest BCUT2D eigenvalue weighted by Gasteiger charge is -2.13. The second kappa shape index (κ2) is 9.31. The fourth-order valence-electron chi connectivity index (χ4n) is 4.75. The van der Waals surface area contributed by atoms with Crippen LogP contribution in [0.2, 0.25) is 0 Å². The van der Waals surface area contributed by atoms with Crippen molar-refractivity contribution in [1.29, 1.82) is 0 Å². The van der Waals surface area contributed by atoms with Crippen LogP contribution in [0.1, 0.15) is 31.1 Å². The van der Waals surface area contributed by atoms with E-state index in [1.165, 1.54) is 0 Å². The number of benzene rings is 2. The van der Waals surface area contributed by atoms with Crippen molar-refractivity contribution >= 4 is 27.8 Å². The molecule has 0 saturated carbocycles. The molecule has 0 saturated heterocycles. The highest BCUT2D eigenvalue weighted by Crippen LogP contribution is 2.40. The maximum Gasteiger partial charge on any atom is 0.146 e. The number of fused-ring (bicyclic) bond motifs is 2. The lowest BCUT2D eigenvalue weighted by molar-refractivity contribution is 0.391. The van der Waals surface area contributed by atoms with Crippen LogP contribution in [0, 0.1) is 0 Å². The number of rotatable bonds is 8. The van der Waals surface area contributed by atoms with Crippen LogP contribution in [-0.2, 0) is 13.1 Å². The van der Waals surface area contributed by atoms with Crippen molar-refractivity contribution in [3.05, 3.63) is 66.1 Å².